The number of rotatable bonds is 6. The van der Waals surface area contributed by atoms with Gasteiger partial charge in [0.2, 0.25) is 0 Å². The Kier molecular flexibility index (Phi) is 3.96. The molecule has 0 aromatic heterocycles. The fourth-order valence-electron chi connectivity index (χ4n) is 1.35. The summed E-state index contributed by atoms with van der Waals surface area (Å²) < 4.78 is 11.6. The molecule has 1 aliphatic rings. The zero-order valence-corrected chi connectivity index (χ0v) is 10.4. The first kappa shape index (κ1) is 11.6. The largest absolute Gasteiger partial charge is 0.467 e. The van der Waals surface area contributed by atoms with Gasteiger partial charge in [0.1, 0.15) is 5.75 Å². The molecule has 1 aromatic rings. The molecule has 0 heterocycles. The standard InChI is InChI=1S/C12H13BrO3/c13-11-3-4-12(10(5-11)6-14)16-8-15-7-9-1-2-9/h3-6,9H,1-2,7-8H2. The second kappa shape index (κ2) is 5.46. The third-order valence-electron chi connectivity index (χ3n) is 2.45. The summed E-state index contributed by atoms with van der Waals surface area (Å²) in [5, 5.41) is 0. The summed E-state index contributed by atoms with van der Waals surface area (Å²) in [4.78, 5) is 10.8. The van der Waals surface area contributed by atoms with E-state index in [2.05, 4.69) is 15.9 Å². The van der Waals surface area contributed by atoms with Crippen LogP contribution in [0.2, 0.25) is 0 Å². The molecule has 0 radical (unpaired) electrons. The summed E-state index contributed by atoms with van der Waals surface area (Å²) in [6, 6.07) is 5.32. The van der Waals surface area contributed by atoms with Crippen LogP contribution in [0.3, 0.4) is 0 Å². The predicted octanol–water partition coefficient (Wildman–Crippen LogP) is 3.02. The predicted molar refractivity (Wildman–Crippen MR) is 63.7 cm³/mol. The molecule has 0 unspecified atom stereocenters. The molecule has 0 spiro atoms. The third-order valence-corrected chi connectivity index (χ3v) is 2.94. The number of hydrogen-bond acceptors (Lipinski definition) is 3. The van der Waals surface area contributed by atoms with Gasteiger partial charge in [0.05, 0.1) is 12.2 Å². The number of hydrogen-bond donors (Lipinski definition) is 0. The molecule has 3 nitrogen and oxygen atoms in total. The second-order valence-corrected chi connectivity index (χ2v) is 4.79. The highest BCUT2D eigenvalue weighted by atomic mass is 79.9. The third kappa shape index (κ3) is 3.32. The van der Waals surface area contributed by atoms with Gasteiger partial charge in [-0.15, -0.1) is 0 Å². The van der Waals surface area contributed by atoms with E-state index < -0.39 is 0 Å². The van der Waals surface area contributed by atoms with Crippen molar-refractivity contribution >= 4 is 22.2 Å². The van der Waals surface area contributed by atoms with Crippen molar-refractivity contribution in [1.82, 2.24) is 0 Å². The van der Waals surface area contributed by atoms with Gasteiger partial charge in [-0.1, -0.05) is 15.9 Å². The van der Waals surface area contributed by atoms with E-state index in [0.717, 1.165) is 23.3 Å². The Morgan fingerprint density at radius 1 is 1.44 bits per heavy atom. The van der Waals surface area contributed by atoms with Crippen LogP contribution in [0.5, 0.6) is 5.75 Å². The van der Waals surface area contributed by atoms with Crippen molar-refractivity contribution in [2.45, 2.75) is 12.8 Å². The summed E-state index contributed by atoms with van der Waals surface area (Å²) in [6.07, 6.45) is 3.30. The maximum Gasteiger partial charge on any atom is 0.189 e. The molecule has 4 heteroatoms. The van der Waals surface area contributed by atoms with Crippen molar-refractivity contribution in [2.75, 3.05) is 13.4 Å². The van der Waals surface area contributed by atoms with Gasteiger partial charge >= 0.3 is 0 Å². The number of ether oxygens (including phenoxy) is 2. The fraction of sp³-hybridized carbons (Fsp3) is 0.417. The van der Waals surface area contributed by atoms with E-state index >= 15 is 0 Å². The fourth-order valence-corrected chi connectivity index (χ4v) is 1.73. The van der Waals surface area contributed by atoms with Crippen molar-refractivity contribution in [1.29, 1.82) is 0 Å². The Hall–Kier alpha value is -0.870. The quantitative estimate of drug-likeness (QED) is 0.458. The summed E-state index contributed by atoms with van der Waals surface area (Å²) in [7, 11) is 0. The maximum atomic E-state index is 10.8. The molecule has 1 aliphatic carbocycles. The molecule has 1 fully saturated rings. The van der Waals surface area contributed by atoms with Gasteiger partial charge in [-0.3, -0.25) is 4.79 Å². The van der Waals surface area contributed by atoms with E-state index in [0.29, 0.717) is 11.3 Å². The Morgan fingerprint density at radius 3 is 2.94 bits per heavy atom. The first-order valence-corrected chi connectivity index (χ1v) is 6.04. The molecular formula is C12H13BrO3. The Balaban J connectivity index is 1.84. The van der Waals surface area contributed by atoms with E-state index in [1.54, 1.807) is 12.1 Å². The van der Waals surface area contributed by atoms with E-state index in [1.165, 1.54) is 12.8 Å². The SMILES string of the molecule is O=Cc1cc(Br)ccc1OCOCC1CC1. The van der Waals surface area contributed by atoms with E-state index in [9.17, 15) is 4.79 Å². The minimum absolute atomic E-state index is 0.207. The van der Waals surface area contributed by atoms with E-state index in [1.807, 2.05) is 6.07 Å². The molecule has 0 amide bonds. The minimum Gasteiger partial charge on any atom is -0.467 e. The lowest BCUT2D eigenvalue weighted by Crippen LogP contribution is -2.06. The summed E-state index contributed by atoms with van der Waals surface area (Å²) in [5.41, 5.74) is 0.532. The van der Waals surface area contributed by atoms with Gasteiger partial charge in [-0.05, 0) is 37.0 Å². The van der Waals surface area contributed by atoms with Gasteiger partial charge in [0, 0.05) is 4.47 Å². The van der Waals surface area contributed by atoms with E-state index in [-0.39, 0.29) is 6.79 Å². The number of carbonyl (C=O) groups excluding carboxylic acids is 1. The normalized spacial score (nSPS) is 14.8. The van der Waals surface area contributed by atoms with Crippen molar-refractivity contribution in [3.63, 3.8) is 0 Å². The molecule has 16 heavy (non-hydrogen) atoms. The molecule has 2 rings (SSSR count). The van der Waals surface area contributed by atoms with Crippen LogP contribution in [0, 0.1) is 5.92 Å². The van der Waals surface area contributed by atoms with Crippen LogP contribution >= 0.6 is 15.9 Å². The van der Waals surface area contributed by atoms with Gasteiger partial charge in [0.25, 0.3) is 0 Å². The molecule has 86 valence electrons. The number of aldehydes is 1. The second-order valence-electron chi connectivity index (χ2n) is 3.88. The highest BCUT2D eigenvalue weighted by Gasteiger charge is 2.21. The van der Waals surface area contributed by atoms with Crippen molar-refractivity contribution in [3.8, 4) is 5.75 Å². The highest BCUT2D eigenvalue weighted by Crippen LogP contribution is 2.29. The summed E-state index contributed by atoms with van der Waals surface area (Å²) in [5.74, 6) is 1.29. The molecule has 1 aromatic carbocycles. The van der Waals surface area contributed by atoms with Crippen LogP contribution in [0.25, 0.3) is 0 Å². The van der Waals surface area contributed by atoms with Gasteiger partial charge in [-0.25, -0.2) is 0 Å². The molecule has 0 N–H and O–H groups in total. The molecule has 0 atom stereocenters. The van der Waals surface area contributed by atoms with Crippen LogP contribution in [0.4, 0.5) is 0 Å². The number of benzene rings is 1. The van der Waals surface area contributed by atoms with Crippen molar-refractivity contribution < 1.29 is 14.3 Å². The van der Waals surface area contributed by atoms with Crippen LogP contribution in [-0.4, -0.2) is 19.7 Å². The Morgan fingerprint density at radius 2 is 2.25 bits per heavy atom. The molecule has 0 aliphatic heterocycles. The highest BCUT2D eigenvalue weighted by molar-refractivity contribution is 9.10. The lowest BCUT2D eigenvalue weighted by molar-refractivity contribution is 0.00969. The maximum absolute atomic E-state index is 10.8. The van der Waals surface area contributed by atoms with Crippen molar-refractivity contribution in [3.05, 3.63) is 28.2 Å². The minimum atomic E-state index is 0.207. The van der Waals surface area contributed by atoms with Crippen LogP contribution < -0.4 is 4.74 Å². The number of carbonyl (C=O) groups is 1. The lowest BCUT2D eigenvalue weighted by atomic mass is 10.2. The monoisotopic (exact) mass is 284 g/mol. The number of halogens is 1. The smallest absolute Gasteiger partial charge is 0.189 e. The topological polar surface area (TPSA) is 35.5 Å². The summed E-state index contributed by atoms with van der Waals surface area (Å²) >= 11 is 3.30. The van der Waals surface area contributed by atoms with Gasteiger partial charge < -0.3 is 9.47 Å². The van der Waals surface area contributed by atoms with E-state index in [4.69, 9.17) is 9.47 Å². The molecular weight excluding hydrogens is 272 g/mol. The van der Waals surface area contributed by atoms with Crippen LogP contribution in [0.1, 0.15) is 23.2 Å². The molecule has 0 saturated heterocycles. The Bertz CT molecular complexity index is 375. The van der Waals surface area contributed by atoms with Crippen LogP contribution in [0.15, 0.2) is 22.7 Å². The summed E-state index contributed by atoms with van der Waals surface area (Å²) in [6.45, 7) is 0.964. The first-order chi connectivity index (χ1) is 7.79. The molecule has 1 saturated carbocycles. The van der Waals surface area contributed by atoms with Gasteiger partial charge in [-0.2, -0.15) is 0 Å². The Labute approximate surface area is 103 Å². The lowest BCUT2D eigenvalue weighted by Gasteiger charge is -2.08. The average molecular weight is 285 g/mol. The average Bonchev–Trinajstić information content (AvgIpc) is 3.09. The van der Waals surface area contributed by atoms with Crippen LogP contribution in [-0.2, 0) is 4.74 Å². The zero-order chi connectivity index (χ0) is 11.4. The van der Waals surface area contributed by atoms with Gasteiger partial charge in [0.15, 0.2) is 13.1 Å². The van der Waals surface area contributed by atoms with Crippen molar-refractivity contribution in [2.24, 2.45) is 5.92 Å². The first-order valence-electron chi connectivity index (χ1n) is 5.25. The zero-order valence-electron chi connectivity index (χ0n) is 8.82. The molecule has 0 bridgehead atoms.